The first-order valence-electron chi connectivity index (χ1n) is 9.75. The van der Waals surface area contributed by atoms with Crippen LogP contribution in [0.3, 0.4) is 0 Å². The second-order valence-electron chi connectivity index (χ2n) is 7.55. The quantitative estimate of drug-likeness (QED) is 0.353. The summed E-state index contributed by atoms with van der Waals surface area (Å²) in [7, 11) is 0. The average Bonchev–Trinajstić information content (AvgIpc) is 3.23. The predicted octanol–water partition coefficient (Wildman–Crippen LogP) is 5.04. The summed E-state index contributed by atoms with van der Waals surface area (Å²) in [5.74, 6) is 1.33. The van der Waals surface area contributed by atoms with Gasteiger partial charge in [-0.1, -0.05) is 36.4 Å². The Balaban J connectivity index is 1.54. The van der Waals surface area contributed by atoms with Crippen LogP contribution in [0.1, 0.15) is 34.9 Å². The first kappa shape index (κ1) is 18.6. The lowest BCUT2D eigenvalue weighted by Gasteiger charge is -2.34. The van der Waals surface area contributed by atoms with Crippen LogP contribution in [-0.4, -0.2) is 10.0 Å². The molecule has 0 amide bonds. The van der Waals surface area contributed by atoms with Gasteiger partial charge in [-0.25, -0.2) is 0 Å². The fourth-order valence-electron chi connectivity index (χ4n) is 4.22. The lowest BCUT2D eigenvalue weighted by Crippen LogP contribution is -2.44. The number of hydrogen-bond donors (Lipinski definition) is 2. The number of nitro groups is 1. The largest absolute Gasteiger partial charge is 0.459 e. The molecule has 0 spiro atoms. The molecule has 2 aromatic carbocycles. The SMILES string of the molecule is Cc1ccc(-c2ccc(C3NC(=S)NC4=C3CCc3ccccc34)o2)cc1[N+](=O)[O-]. The van der Waals surface area contributed by atoms with Crippen molar-refractivity contribution in [3.63, 3.8) is 0 Å². The molecule has 1 aliphatic carbocycles. The zero-order valence-corrected chi connectivity index (χ0v) is 17.1. The molecule has 2 aliphatic rings. The van der Waals surface area contributed by atoms with Crippen molar-refractivity contribution in [3.05, 3.63) is 92.7 Å². The van der Waals surface area contributed by atoms with Crippen LogP contribution in [0.15, 0.2) is 64.6 Å². The van der Waals surface area contributed by atoms with Gasteiger partial charge in [0.2, 0.25) is 0 Å². The van der Waals surface area contributed by atoms with Gasteiger partial charge in [-0.3, -0.25) is 10.1 Å². The van der Waals surface area contributed by atoms with Crippen molar-refractivity contribution >= 4 is 28.7 Å². The molecule has 1 unspecified atom stereocenters. The number of furan rings is 1. The molecule has 7 heteroatoms. The zero-order chi connectivity index (χ0) is 20.8. The minimum atomic E-state index is -0.369. The van der Waals surface area contributed by atoms with Gasteiger partial charge in [0.25, 0.3) is 5.69 Å². The minimum Gasteiger partial charge on any atom is -0.459 e. The third kappa shape index (κ3) is 3.07. The van der Waals surface area contributed by atoms with Crippen molar-refractivity contribution in [1.82, 2.24) is 10.6 Å². The molecular formula is C23H19N3O3S. The third-order valence-electron chi connectivity index (χ3n) is 5.74. The molecule has 1 aromatic heterocycles. The lowest BCUT2D eigenvalue weighted by molar-refractivity contribution is -0.385. The van der Waals surface area contributed by atoms with Gasteiger partial charge in [-0.2, -0.15) is 0 Å². The highest BCUT2D eigenvalue weighted by molar-refractivity contribution is 7.80. The number of nitrogens with zero attached hydrogens (tertiary/aromatic N) is 1. The predicted molar refractivity (Wildman–Crippen MR) is 119 cm³/mol. The van der Waals surface area contributed by atoms with E-state index in [0.717, 1.165) is 24.3 Å². The summed E-state index contributed by atoms with van der Waals surface area (Å²) in [4.78, 5) is 10.9. The summed E-state index contributed by atoms with van der Waals surface area (Å²) in [6.45, 7) is 1.73. The number of aryl methyl sites for hydroxylation is 2. The Kier molecular flexibility index (Phi) is 4.40. The number of thiocarbonyl (C=S) groups is 1. The van der Waals surface area contributed by atoms with Crippen LogP contribution < -0.4 is 10.6 Å². The summed E-state index contributed by atoms with van der Waals surface area (Å²) < 4.78 is 6.16. The van der Waals surface area contributed by atoms with E-state index in [4.69, 9.17) is 16.6 Å². The molecule has 150 valence electrons. The maximum absolute atomic E-state index is 11.3. The molecule has 2 heterocycles. The Hall–Kier alpha value is -3.45. The van der Waals surface area contributed by atoms with Crippen LogP contribution in [0, 0.1) is 17.0 Å². The Morgan fingerprint density at radius 1 is 1.13 bits per heavy atom. The van der Waals surface area contributed by atoms with E-state index >= 15 is 0 Å². The summed E-state index contributed by atoms with van der Waals surface area (Å²) >= 11 is 5.47. The van der Waals surface area contributed by atoms with Crippen molar-refractivity contribution in [2.75, 3.05) is 0 Å². The zero-order valence-electron chi connectivity index (χ0n) is 16.3. The van der Waals surface area contributed by atoms with E-state index in [1.54, 1.807) is 19.1 Å². The van der Waals surface area contributed by atoms with Gasteiger partial charge in [0.15, 0.2) is 5.11 Å². The second-order valence-corrected chi connectivity index (χ2v) is 7.96. The summed E-state index contributed by atoms with van der Waals surface area (Å²) in [6.07, 6.45) is 1.85. The first-order chi connectivity index (χ1) is 14.5. The molecule has 2 N–H and O–H groups in total. The maximum atomic E-state index is 11.3. The Morgan fingerprint density at radius 3 is 2.80 bits per heavy atom. The normalized spacial score (nSPS) is 17.6. The molecule has 0 saturated carbocycles. The Bertz CT molecular complexity index is 1230. The molecule has 1 aliphatic heterocycles. The fourth-order valence-corrected chi connectivity index (χ4v) is 4.44. The van der Waals surface area contributed by atoms with Gasteiger partial charge >= 0.3 is 0 Å². The molecule has 30 heavy (non-hydrogen) atoms. The Morgan fingerprint density at radius 2 is 1.97 bits per heavy atom. The van der Waals surface area contributed by atoms with Gasteiger partial charge in [-0.15, -0.1) is 0 Å². The second kappa shape index (κ2) is 7.11. The smallest absolute Gasteiger partial charge is 0.273 e. The topological polar surface area (TPSA) is 80.3 Å². The highest BCUT2D eigenvalue weighted by Gasteiger charge is 2.32. The lowest BCUT2D eigenvalue weighted by atomic mass is 9.84. The van der Waals surface area contributed by atoms with E-state index in [1.807, 2.05) is 24.3 Å². The van der Waals surface area contributed by atoms with Gasteiger partial charge in [0.05, 0.1) is 4.92 Å². The Labute approximate surface area is 178 Å². The van der Waals surface area contributed by atoms with E-state index < -0.39 is 0 Å². The number of fused-ring (bicyclic) bond motifs is 2. The van der Waals surface area contributed by atoms with Crippen LogP contribution in [0.2, 0.25) is 0 Å². The highest BCUT2D eigenvalue weighted by atomic mass is 32.1. The van der Waals surface area contributed by atoms with Crippen molar-refractivity contribution in [3.8, 4) is 11.3 Å². The van der Waals surface area contributed by atoms with Crippen LogP contribution in [0.4, 0.5) is 5.69 Å². The van der Waals surface area contributed by atoms with E-state index in [9.17, 15) is 10.1 Å². The third-order valence-corrected chi connectivity index (χ3v) is 5.96. The molecule has 0 bridgehead atoms. The van der Waals surface area contributed by atoms with Crippen LogP contribution >= 0.6 is 12.2 Å². The van der Waals surface area contributed by atoms with Gasteiger partial charge in [0, 0.05) is 28.5 Å². The minimum absolute atomic E-state index is 0.0838. The number of rotatable bonds is 3. The van der Waals surface area contributed by atoms with Crippen LogP contribution in [0.25, 0.3) is 17.0 Å². The van der Waals surface area contributed by atoms with E-state index in [0.29, 0.717) is 22.0 Å². The average molecular weight is 417 g/mol. The van der Waals surface area contributed by atoms with E-state index in [-0.39, 0.29) is 16.7 Å². The van der Waals surface area contributed by atoms with Crippen LogP contribution in [-0.2, 0) is 6.42 Å². The van der Waals surface area contributed by atoms with Crippen molar-refractivity contribution in [2.45, 2.75) is 25.8 Å². The number of nitrogens with one attached hydrogen (secondary N) is 2. The van der Waals surface area contributed by atoms with Gasteiger partial charge in [-0.05, 0) is 55.3 Å². The molecule has 6 nitrogen and oxygen atoms in total. The van der Waals surface area contributed by atoms with Crippen LogP contribution in [0.5, 0.6) is 0 Å². The van der Waals surface area contributed by atoms with Gasteiger partial charge in [0.1, 0.15) is 17.6 Å². The van der Waals surface area contributed by atoms with E-state index in [2.05, 4.69) is 28.8 Å². The standard InChI is InChI=1S/C23H19N3O3S/c1-13-6-7-15(12-18(13)26(27)28)19-10-11-20(29-19)22-17-9-8-14-4-2-3-5-16(14)21(17)24-23(30)25-22/h2-7,10-12,22H,8-9H2,1H3,(H2,24,25,30). The van der Waals surface area contributed by atoms with Crippen molar-refractivity contribution in [1.29, 1.82) is 0 Å². The molecule has 1 atom stereocenters. The maximum Gasteiger partial charge on any atom is 0.273 e. The van der Waals surface area contributed by atoms with Crippen molar-refractivity contribution in [2.24, 2.45) is 0 Å². The van der Waals surface area contributed by atoms with Gasteiger partial charge < -0.3 is 15.1 Å². The summed E-state index contributed by atoms with van der Waals surface area (Å²) in [5, 5.41) is 18.5. The monoisotopic (exact) mass is 417 g/mol. The van der Waals surface area contributed by atoms with Crippen molar-refractivity contribution < 1.29 is 9.34 Å². The highest BCUT2D eigenvalue weighted by Crippen LogP contribution is 2.40. The molecule has 0 radical (unpaired) electrons. The molecule has 5 rings (SSSR count). The number of nitro benzene ring substituents is 1. The van der Waals surface area contributed by atoms with E-state index in [1.165, 1.54) is 16.7 Å². The molecule has 0 fully saturated rings. The first-order valence-corrected chi connectivity index (χ1v) is 10.2. The molecule has 3 aromatic rings. The summed E-state index contributed by atoms with van der Waals surface area (Å²) in [5.41, 5.74) is 6.12. The summed E-state index contributed by atoms with van der Waals surface area (Å²) in [6, 6.07) is 17.1. The molecule has 0 saturated heterocycles. The number of benzene rings is 2. The fraction of sp³-hybridized carbons (Fsp3) is 0.174. The molecular weight excluding hydrogens is 398 g/mol. The number of hydrogen-bond acceptors (Lipinski definition) is 4.